The summed E-state index contributed by atoms with van der Waals surface area (Å²) in [7, 11) is 0. The zero-order valence-corrected chi connectivity index (χ0v) is 16.0. The summed E-state index contributed by atoms with van der Waals surface area (Å²) in [6.07, 6.45) is -2.02. The van der Waals surface area contributed by atoms with Crippen LogP contribution in [0.4, 0.5) is 13.2 Å². The summed E-state index contributed by atoms with van der Waals surface area (Å²) in [6.45, 7) is 2.49. The van der Waals surface area contributed by atoms with E-state index in [1.54, 1.807) is 18.2 Å². The Morgan fingerprint density at radius 1 is 1.20 bits per heavy atom. The fourth-order valence-corrected chi connectivity index (χ4v) is 3.21. The number of Topliss-reactive ketones (excluding diaryl/α,β-unsaturated/α-hetero) is 1. The molecule has 10 heteroatoms. The molecule has 0 radical (unpaired) electrons. The van der Waals surface area contributed by atoms with Crippen LogP contribution in [0.15, 0.2) is 36.7 Å². The minimum absolute atomic E-state index is 0.0402. The van der Waals surface area contributed by atoms with Gasteiger partial charge in [-0.05, 0) is 18.1 Å². The van der Waals surface area contributed by atoms with Gasteiger partial charge in [0.15, 0.2) is 0 Å². The van der Waals surface area contributed by atoms with Crippen LogP contribution in [-0.2, 0) is 16.1 Å². The lowest BCUT2D eigenvalue weighted by molar-refractivity contribution is -0.174. The molecule has 2 aliphatic heterocycles. The number of alkyl halides is 3. The van der Waals surface area contributed by atoms with E-state index in [1.165, 1.54) is 36.9 Å². The molecule has 1 unspecified atom stereocenters. The van der Waals surface area contributed by atoms with Crippen molar-refractivity contribution >= 4 is 28.6 Å². The summed E-state index contributed by atoms with van der Waals surface area (Å²) in [5, 5.41) is 12.1. The number of para-hydroxylation sites is 1. The molecule has 3 rings (SSSR count). The molecule has 1 atom stereocenters. The number of halogens is 3. The second-order valence-corrected chi connectivity index (χ2v) is 7.19. The summed E-state index contributed by atoms with van der Waals surface area (Å²) in [6, 6.07) is 4.72. The highest BCUT2D eigenvalue weighted by Crippen LogP contribution is 2.32. The molecule has 0 bridgehead atoms. The van der Waals surface area contributed by atoms with Gasteiger partial charge < -0.3 is 15.0 Å². The number of carboxylic acids is 1. The number of carbonyl (C=O) groups is 3. The molecule has 0 aliphatic carbocycles. The second kappa shape index (κ2) is 7.77. The Morgan fingerprint density at radius 2 is 1.90 bits per heavy atom. The second-order valence-electron chi connectivity index (χ2n) is 7.19. The number of amides is 1. The molecule has 30 heavy (non-hydrogen) atoms. The molecular weight excluding hydrogens is 403 g/mol. The molecule has 1 amide bonds. The third-order valence-corrected chi connectivity index (χ3v) is 4.66. The first-order valence-electron chi connectivity index (χ1n) is 9.01. The molecule has 1 aromatic rings. The number of aromatic nitrogens is 2. The van der Waals surface area contributed by atoms with E-state index < -0.39 is 35.8 Å². The van der Waals surface area contributed by atoms with Gasteiger partial charge >= 0.3 is 12.1 Å². The fourth-order valence-electron chi connectivity index (χ4n) is 3.21. The highest BCUT2D eigenvalue weighted by Gasteiger charge is 2.44. The number of hydrogen-bond acceptors (Lipinski definition) is 4. The highest BCUT2D eigenvalue weighted by atomic mass is 19.4. The van der Waals surface area contributed by atoms with E-state index >= 15 is 0 Å². The smallest absolute Gasteiger partial charge is 0.452 e. The predicted octanol–water partition coefficient (Wildman–Crippen LogP) is 3.11. The Balaban J connectivity index is 1.85. The predicted molar refractivity (Wildman–Crippen MR) is 101 cm³/mol. The third kappa shape index (κ3) is 4.12. The maximum atomic E-state index is 12.7. The van der Waals surface area contributed by atoms with Gasteiger partial charge in [-0.15, -0.1) is 0 Å². The van der Waals surface area contributed by atoms with E-state index in [1.807, 2.05) is 0 Å². The number of benzene rings is 1. The largest absolute Gasteiger partial charge is 0.478 e. The standard InChI is InChI=1S/C20H18F3N3O4/c1-10(2)16(18(28)20(21,22)23)25-15(27)9-26-7-6-11-12-4-3-5-13(19(29)30)17(12)24-14(11)8-26/h3-8,10,16H,9H2,1-2H3,(H,25,27)(H,29,30). The van der Waals surface area contributed by atoms with Crippen molar-refractivity contribution in [2.75, 3.05) is 0 Å². The lowest BCUT2D eigenvalue weighted by Crippen LogP contribution is -2.50. The van der Waals surface area contributed by atoms with Crippen LogP contribution in [0.5, 0.6) is 0 Å². The molecule has 0 saturated carbocycles. The van der Waals surface area contributed by atoms with E-state index in [0.29, 0.717) is 22.2 Å². The number of aromatic carboxylic acids is 1. The van der Waals surface area contributed by atoms with Crippen LogP contribution in [0, 0.1) is 5.92 Å². The van der Waals surface area contributed by atoms with Crippen molar-refractivity contribution in [3.05, 3.63) is 42.2 Å². The molecule has 2 N–H and O–H groups in total. The van der Waals surface area contributed by atoms with Crippen LogP contribution < -0.4 is 5.32 Å². The molecule has 0 fully saturated rings. The van der Waals surface area contributed by atoms with E-state index in [0.717, 1.165) is 0 Å². The van der Waals surface area contributed by atoms with E-state index in [-0.39, 0.29) is 12.1 Å². The average molecular weight is 421 g/mol. The lowest BCUT2D eigenvalue weighted by atomic mass is 9.99. The van der Waals surface area contributed by atoms with E-state index in [9.17, 15) is 32.7 Å². The fraction of sp³-hybridized carbons (Fsp3) is 0.300. The highest BCUT2D eigenvalue weighted by molar-refractivity contribution is 6.08. The van der Waals surface area contributed by atoms with Gasteiger partial charge in [-0.25, -0.2) is 9.78 Å². The zero-order chi connectivity index (χ0) is 22.2. The number of ketones is 1. The normalized spacial score (nSPS) is 13.0. The molecule has 0 spiro atoms. The number of hydrogen-bond donors (Lipinski definition) is 2. The zero-order valence-electron chi connectivity index (χ0n) is 16.0. The Morgan fingerprint density at radius 3 is 2.50 bits per heavy atom. The molecule has 2 heterocycles. The number of carboxylic acid groups (broad SMARTS) is 1. The van der Waals surface area contributed by atoms with Crippen molar-refractivity contribution in [2.24, 2.45) is 5.92 Å². The number of rotatable bonds is 6. The van der Waals surface area contributed by atoms with Gasteiger partial charge in [0.1, 0.15) is 6.54 Å². The van der Waals surface area contributed by atoms with Crippen LogP contribution in [0.2, 0.25) is 0 Å². The Labute approximate surface area is 168 Å². The van der Waals surface area contributed by atoms with Crippen LogP contribution in [0.3, 0.4) is 0 Å². The molecule has 0 saturated heterocycles. The molecular formula is C20H18F3N3O4. The van der Waals surface area contributed by atoms with Crippen molar-refractivity contribution < 1.29 is 32.7 Å². The molecule has 1 aromatic carbocycles. The van der Waals surface area contributed by atoms with Crippen molar-refractivity contribution in [2.45, 2.75) is 32.6 Å². The molecule has 7 nitrogen and oxygen atoms in total. The Hall–Kier alpha value is -3.43. The monoisotopic (exact) mass is 421 g/mol. The number of carbonyl (C=O) groups excluding carboxylic acids is 2. The summed E-state index contributed by atoms with van der Waals surface area (Å²) in [5.74, 6) is -4.63. The van der Waals surface area contributed by atoms with Crippen LogP contribution in [0.25, 0.3) is 22.2 Å². The van der Waals surface area contributed by atoms with Gasteiger partial charge in [0.25, 0.3) is 5.78 Å². The van der Waals surface area contributed by atoms with Gasteiger partial charge in [0.05, 0.1) is 22.8 Å². The maximum Gasteiger partial charge on any atom is 0.452 e. The number of nitrogens with zero attached hydrogens (tertiary/aromatic N) is 2. The lowest BCUT2D eigenvalue weighted by Gasteiger charge is -2.22. The Kier molecular flexibility index (Phi) is 5.51. The molecule has 158 valence electrons. The SMILES string of the molecule is CC(C)C(NC(=O)Cn1ccc2c3cccc(C(=O)O)c3nc-2c1)C(=O)C(F)(F)F. The van der Waals surface area contributed by atoms with Gasteiger partial charge in [-0.3, -0.25) is 9.59 Å². The topological polar surface area (TPSA) is 101 Å². The van der Waals surface area contributed by atoms with Crippen molar-refractivity contribution in [1.82, 2.24) is 14.9 Å². The van der Waals surface area contributed by atoms with Crippen LogP contribution in [-0.4, -0.2) is 44.5 Å². The summed E-state index contributed by atoms with van der Waals surface area (Å²) >= 11 is 0. The van der Waals surface area contributed by atoms with Gasteiger partial charge in [-0.2, -0.15) is 13.2 Å². The first-order chi connectivity index (χ1) is 14.0. The number of fused-ring (bicyclic) bond motifs is 3. The molecule has 0 aromatic heterocycles. The number of pyridine rings is 1. The van der Waals surface area contributed by atoms with Crippen molar-refractivity contribution in [3.63, 3.8) is 0 Å². The first-order valence-corrected chi connectivity index (χ1v) is 9.01. The average Bonchev–Trinajstić information content (AvgIpc) is 3.02. The van der Waals surface area contributed by atoms with Crippen LogP contribution in [0.1, 0.15) is 24.2 Å². The van der Waals surface area contributed by atoms with E-state index in [4.69, 9.17) is 0 Å². The summed E-state index contributed by atoms with van der Waals surface area (Å²) in [5.41, 5.74) is 1.45. The first kappa shape index (κ1) is 21.3. The molecule has 2 aliphatic rings. The van der Waals surface area contributed by atoms with Gasteiger partial charge in [0, 0.05) is 23.3 Å². The number of nitrogens with one attached hydrogen (secondary N) is 1. The summed E-state index contributed by atoms with van der Waals surface area (Å²) in [4.78, 5) is 39.5. The minimum atomic E-state index is -5.05. The quantitative estimate of drug-likeness (QED) is 0.637. The maximum absolute atomic E-state index is 12.7. The van der Waals surface area contributed by atoms with E-state index in [2.05, 4.69) is 10.3 Å². The third-order valence-electron chi connectivity index (χ3n) is 4.66. The van der Waals surface area contributed by atoms with Gasteiger partial charge in [-0.1, -0.05) is 26.0 Å². The van der Waals surface area contributed by atoms with Crippen molar-refractivity contribution in [1.29, 1.82) is 0 Å². The van der Waals surface area contributed by atoms with Crippen LogP contribution >= 0.6 is 0 Å². The minimum Gasteiger partial charge on any atom is -0.478 e. The summed E-state index contributed by atoms with van der Waals surface area (Å²) < 4.78 is 39.6. The van der Waals surface area contributed by atoms with Crippen molar-refractivity contribution in [3.8, 4) is 11.3 Å². The van der Waals surface area contributed by atoms with Gasteiger partial charge in [0.2, 0.25) is 5.91 Å². The Bertz CT molecular complexity index is 1100.